The van der Waals surface area contributed by atoms with Crippen LogP contribution in [0.3, 0.4) is 0 Å². The van der Waals surface area contributed by atoms with Crippen LogP contribution < -0.4 is 20.7 Å². The molecule has 0 bridgehead atoms. The van der Waals surface area contributed by atoms with Gasteiger partial charge in [-0.05, 0) is 36.8 Å². The van der Waals surface area contributed by atoms with Gasteiger partial charge in [-0.1, -0.05) is 12.1 Å². The first-order chi connectivity index (χ1) is 17.2. The first kappa shape index (κ1) is 22.0. The second kappa shape index (κ2) is 9.56. The summed E-state index contributed by atoms with van der Waals surface area (Å²) in [6.45, 7) is 2.05. The third kappa shape index (κ3) is 4.49. The largest absolute Gasteiger partial charge is 0.467 e. The van der Waals surface area contributed by atoms with Gasteiger partial charge in [-0.2, -0.15) is 4.98 Å². The van der Waals surface area contributed by atoms with E-state index in [1.54, 1.807) is 24.7 Å². The number of benzene rings is 1. The normalized spacial score (nSPS) is 10.7. The van der Waals surface area contributed by atoms with Crippen molar-refractivity contribution in [2.45, 2.75) is 6.92 Å². The van der Waals surface area contributed by atoms with E-state index in [0.29, 0.717) is 17.5 Å². The molecule has 0 aliphatic heterocycles. The van der Waals surface area contributed by atoms with Gasteiger partial charge in [-0.25, -0.2) is 24.9 Å². The van der Waals surface area contributed by atoms with Crippen molar-refractivity contribution in [3.63, 3.8) is 0 Å². The topological polar surface area (TPSA) is 123 Å². The van der Waals surface area contributed by atoms with Crippen molar-refractivity contribution in [1.82, 2.24) is 29.9 Å². The zero-order valence-corrected chi connectivity index (χ0v) is 19.4. The van der Waals surface area contributed by atoms with Gasteiger partial charge in [-0.15, -0.1) is 0 Å². The van der Waals surface area contributed by atoms with Crippen LogP contribution in [-0.4, -0.2) is 44.1 Å². The molecule has 0 amide bonds. The van der Waals surface area contributed by atoms with E-state index in [-0.39, 0.29) is 6.01 Å². The minimum atomic E-state index is 0.280. The molecule has 0 fully saturated rings. The van der Waals surface area contributed by atoms with Crippen molar-refractivity contribution in [3.8, 4) is 17.3 Å². The monoisotopic (exact) mass is 465 g/mol. The molecule has 0 aliphatic carbocycles. The molecule has 0 radical (unpaired) electrons. The van der Waals surface area contributed by atoms with Crippen molar-refractivity contribution >= 4 is 39.7 Å². The van der Waals surface area contributed by atoms with Crippen LogP contribution in [0, 0.1) is 6.92 Å². The van der Waals surface area contributed by atoms with Gasteiger partial charge >= 0.3 is 6.01 Å². The number of ether oxygens (including phenoxy) is 1. The van der Waals surface area contributed by atoms with E-state index < -0.39 is 0 Å². The Bertz CT molecular complexity index is 1510. The highest BCUT2D eigenvalue weighted by atomic mass is 16.5. The van der Waals surface area contributed by atoms with Crippen LogP contribution in [0.2, 0.25) is 0 Å². The van der Waals surface area contributed by atoms with Crippen molar-refractivity contribution < 1.29 is 4.74 Å². The maximum atomic E-state index is 5.13. The molecule has 0 saturated carbocycles. The van der Waals surface area contributed by atoms with E-state index >= 15 is 0 Å². The summed E-state index contributed by atoms with van der Waals surface area (Å²) < 4.78 is 5.13. The molecule has 0 atom stereocenters. The molecular weight excluding hydrogens is 442 g/mol. The predicted molar refractivity (Wildman–Crippen MR) is 136 cm³/mol. The third-order valence-corrected chi connectivity index (χ3v) is 5.47. The number of hydrogen-bond donors (Lipinski definition) is 3. The number of pyridine rings is 2. The molecule has 1 aromatic carbocycles. The van der Waals surface area contributed by atoms with E-state index in [2.05, 4.69) is 52.8 Å². The van der Waals surface area contributed by atoms with Crippen LogP contribution in [0.15, 0.2) is 67.4 Å². The molecule has 35 heavy (non-hydrogen) atoms. The van der Waals surface area contributed by atoms with E-state index in [0.717, 1.165) is 39.1 Å². The van der Waals surface area contributed by atoms with Gasteiger partial charge in [-0.3, -0.25) is 0 Å². The number of rotatable bonds is 7. The van der Waals surface area contributed by atoms with E-state index in [1.165, 1.54) is 13.4 Å². The summed E-state index contributed by atoms with van der Waals surface area (Å²) in [7, 11) is 3.36. The Labute approximate surface area is 201 Å². The molecule has 4 heterocycles. The number of hydrogen-bond acceptors (Lipinski definition) is 10. The first-order valence-electron chi connectivity index (χ1n) is 10.9. The lowest BCUT2D eigenvalue weighted by Gasteiger charge is -2.16. The summed E-state index contributed by atoms with van der Waals surface area (Å²) in [6, 6.07) is 13.9. The van der Waals surface area contributed by atoms with Crippen molar-refractivity contribution in [2.75, 3.05) is 30.1 Å². The Morgan fingerprint density at radius 2 is 1.63 bits per heavy atom. The Hall–Kier alpha value is -4.86. The molecular formula is C25H23N9O. The molecule has 0 aliphatic rings. The number of aryl methyl sites for hydroxylation is 1. The molecule has 5 rings (SSSR count). The lowest BCUT2D eigenvalue weighted by Crippen LogP contribution is -2.02. The van der Waals surface area contributed by atoms with Gasteiger partial charge in [0.15, 0.2) is 0 Å². The molecule has 5 aromatic rings. The maximum absolute atomic E-state index is 5.13. The van der Waals surface area contributed by atoms with E-state index in [9.17, 15) is 0 Å². The molecule has 10 heteroatoms. The summed E-state index contributed by atoms with van der Waals surface area (Å²) in [6.07, 6.45) is 6.68. The summed E-state index contributed by atoms with van der Waals surface area (Å²) in [5.41, 5.74) is 3.62. The molecule has 0 unspecified atom stereocenters. The summed E-state index contributed by atoms with van der Waals surface area (Å²) in [5, 5.41) is 11.8. The van der Waals surface area contributed by atoms with E-state index in [1.807, 2.05) is 43.4 Å². The Morgan fingerprint density at radius 1 is 0.771 bits per heavy atom. The van der Waals surface area contributed by atoms with Gasteiger partial charge in [0.1, 0.15) is 29.6 Å². The number of anilines is 5. The number of fused-ring (bicyclic) bond motifs is 1. The SMILES string of the molecule is CNc1cc(-c2cccnc2Nc2c(C)ccc3c(Nc4ccnc(OC)n4)nccc23)ncn1. The summed E-state index contributed by atoms with van der Waals surface area (Å²) in [4.78, 5) is 26.2. The van der Waals surface area contributed by atoms with Crippen molar-refractivity contribution in [1.29, 1.82) is 0 Å². The van der Waals surface area contributed by atoms with E-state index in [4.69, 9.17) is 4.74 Å². The average molecular weight is 466 g/mol. The highest BCUT2D eigenvalue weighted by molar-refractivity contribution is 6.03. The van der Waals surface area contributed by atoms with Gasteiger partial charge in [0.2, 0.25) is 0 Å². The van der Waals surface area contributed by atoms with Crippen molar-refractivity contribution in [3.05, 3.63) is 72.9 Å². The fourth-order valence-electron chi connectivity index (χ4n) is 3.73. The second-order valence-electron chi connectivity index (χ2n) is 7.63. The molecule has 0 saturated heterocycles. The fraction of sp³-hybridized carbons (Fsp3) is 0.120. The molecule has 10 nitrogen and oxygen atoms in total. The zero-order chi connectivity index (χ0) is 24.2. The summed E-state index contributed by atoms with van der Waals surface area (Å²) in [5.74, 6) is 2.68. The lowest BCUT2D eigenvalue weighted by atomic mass is 10.0. The number of aromatic nitrogens is 6. The number of methoxy groups -OCH3 is 1. The predicted octanol–water partition coefficient (Wildman–Crippen LogP) is 4.72. The Morgan fingerprint density at radius 3 is 2.49 bits per heavy atom. The highest BCUT2D eigenvalue weighted by Crippen LogP contribution is 2.35. The minimum absolute atomic E-state index is 0.280. The van der Waals surface area contributed by atoms with Crippen LogP contribution in [0.4, 0.5) is 29.0 Å². The van der Waals surface area contributed by atoms with Crippen LogP contribution in [0.25, 0.3) is 22.0 Å². The summed E-state index contributed by atoms with van der Waals surface area (Å²) >= 11 is 0. The van der Waals surface area contributed by atoms with Crippen molar-refractivity contribution in [2.24, 2.45) is 0 Å². The number of nitrogens with one attached hydrogen (secondary N) is 3. The molecule has 174 valence electrons. The quantitative estimate of drug-likeness (QED) is 0.311. The zero-order valence-electron chi connectivity index (χ0n) is 19.4. The first-order valence-corrected chi connectivity index (χ1v) is 10.9. The van der Waals surface area contributed by atoms with Gasteiger partial charge in [0.05, 0.1) is 18.5 Å². The standard InChI is InChI=1S/C25H23N9O/c1-15-6-7-17-16(8-11-28-23(17)32-20-9-12-29-25(33-20)35-3)22(15)34-24-18(5-4-10-27-24)19-13-21(26-2)31-14-30-19/h4-14H,1-3H3,(H,27,34)(H,26,30,31)(H,28,29,32,33). The lowest BCUT2D eigenvalue weighted by molar-refractivity contribution is 0.380. The maximum Gasteiger partial charge on any atom is 0.318 e. The third-order valence-electron chi connectivity index (χ3n) is 5.47. The van der Waals surface area contributed by atoms with Gasteiger partial charge in [0.25, 0.3) is 0 Å². The molecule has 4 aromatic heterocycles. The Balaban J connectivity index is 1.56. The second-order valence-corrected chi connectivity index (χ2v) is 7.63. The van der Waals surface area contributed by atoms with Gasteiger partial charge < -0.3 is 20.7 Å². The van der Waals surface area contributed by atoms with Crippen LogP contribution in [0.1, 0.15) is 5.56 Å². The smallest absolute Gasteiger partial charge is 0.318 e. The molecule has 3 N–H and O–H groups in total. The number of nitrogens with zero attached hydrogens (tertiary/aromatic N) is 6. The van der Waals surface area contributed by atoms with Crippen LogP contribution >= 0.6 is 0 Å². The highest BCUT2D eigenvalue weighted by Gasteiger charge is 2.14. The van der Waals surface area contributed by atoms with Crippen LogP contribution in [-0.2, 0) is 0 Å². The average Bonchev–Trinajstić information content (AvgIpc) is 2.91. The minimum Gasteiger partial charge on any atom is -0.467 e. The van der Waals surface area contributed by atoms with Gasteiger partial charge in [0, 0.05) is 48.0 Å². The fourth-order valence-corrected chi connectivity index (χ4v) is 3.73. The molecule has 0 spiro atoms. The van der Waals surface area contributed by atoms with Crippen LogP contribution in [0.5, 0.6) is 6.01 Å². The Kier molecular flexibility index (Phi) is 6.00.